The maximum absolute atomic E-state index is 5.19. The summed E-state index contributed by atoms with van der Waals surface area (Å²) in [6.07, 6.45) is 3.01. The summed E-state index contributed by atoms with van der Waals surface area (Å²) in [7, 11) is 4.15. The molecule has 0 amide bonds. The van der Waals surface area contributed by atoms with Crippen molar-refractivity contribution < 1.29 is 0 Å². The van der Waals surface area contributed by atoms with Crippen LogP contribution in [0.3, 0.4) is 0 Å². The van der Waals surface area contributed by atoms with Gasteiger partial charge in [-0.15, -0.1) is 0 Å². The van der Waals surface area contributed by atoms with Gasteiger partial charge in [-0.2, -0.15) is 0 Å². The number of nitrogens with zero attached hydrogens (tertiary/aromatic N) is 5. The Morgan fingerprint density at radius 2 is 1.88 bits per heavy atom. The van der Waals surface area contributed by atoms with Gasteiger partial charge >= 0.3 is 0 Å². The van der Waals surface area contributed by atoms with E-state index in [1.807, 2.05) is 24.0 Å². The van der Waals surface area contributed by atoms with Crippen molar-refractivity contribution in [3.8, 4) is 5.69 Å². The molecule has 5 rings (SSSR count). The Bertz CT molecular complexity index is 1130. The van der Waals surface area contributed by atoms with Gasteiger partial charge in [-0.05, 0) is 68.3 Å². The van der Waals surface area contributed by atoms with Crippen LogP contribution in [0.1, 0.15) is 48.1 Å². The van der Waals surface area contributed by atoms with Gasteiger partial charge in [0.15, 0.2) is 5.17 Å². The minimum Gasteiger partial charge on any atom is -0.378 e. The fourth-order valence-corrected chi connectivity index (χ4v) is 6.41. The number of rotatable bonds is 5. The molecule has 6 heteroatoms. The lowest BCUT2D eigenvalue weighted by Gasteiger charge is -2.32. The van der Waals surface area contributed by atoms with E-state index in [9.17, 15) is 0 Å². The summed E-state index contributed by atoms with van der Waals surface area (Å²) >= 11 is 1.90. The largest absolute Gasteiger partial charge is 0.378 e. The van der Waals surface area contributed by atoms with Crippen molar-refractivity contribution in [3.05, 3.63) is 77.4 Å². The van der Waals surface area contributed by atoms with E-state index in [1.54, 1.807) is 0 Å². The number of aliphatic imine (C=N–C) groups is 1. The molecule has 166 valence electrons. The average Bonchev–Trinajstić information content (AvgIpc) is 3.46. The summed E-state index contributed by atoms with van der Waals surface area (Å²) in [5, 5.41) is 1.18. The lowest BCUT2D eigenvalue weighted by Crippen LogP contribution is -2.35. The van der Waals surface area contributed by atoms with Crippen LogP contribution in [-0.4, -0.2) is 45.5 Å². The highest BCUT2D eigenvalue weighted by molar-refractivity contribution is 8.14. The number of benzene rings is 1. The third-order valence-corrected chi connectivity index (χ3v) is 7.87. The third-order valence-electron chi connectivity index (χ3n) is 6.74. The molecule has 0 aliphatic carbocycles. The van der Waals surface area contributed by atoms with Crippen LogP contribution in [0.5, 0.6) is 0 Å². The summed E-state index contributed by atoms with van der Waals surface area (Å²) < 4.78 is 2.38. The Hall–Kier alpha value is -2.73. The van der Waals surface area contributed by atoms with Gasteiger partial charge in [-0.25, -0.2) is 0 Å². The van der Waals surface area contributed by atoms with Gasteiger partial charge in [-0.1, -0.05) is 24.8 Å². The Morgan fingerprint density at radius 1 is 1.09 bits per heavy atom. The van der Waals surface area contributed by atoms with Crippen molar-refractivity contribution in [2.24, 2.45) is 4.99 Å². The predicted octanol–water partition coefficient (Wildman–Crippen LogP) is 5.53. The number of hydrogen-bond acceptors (Lipinski definition) is 5. The van der Waals surface area contributed by atoms with E-state index in [0.717, 1.165) is 17.9 Å². The molecule has 5 nitrogen and oxygen atoms in total. The minimum atomic E-state index is 0.0260. The zero-order chi connectivity index (χ0) is 22.4. The number of aryl methyl sites for hydroxylation is 1. The first kappa shape index (κ1) is 21.1. The standard InChI is InChI=1S/C26H31N5S/c1-6-19-16-32-26-28-24(23-9-7-8-14-27-23)25(31(19)26)22-15-17(2)30(18(22)3)21-12-10-20(11-13-21)29(4)5/h7-15,19,24-25H,6,16H2,1-5H3/t19-,24-,25+/m0/s1. The molecule has 0 N–H and O–H groups in total. The minimum absolute atomic E-state index is 0.0260. The van der Waals surface area contributed by atoms with Crippen molar-refractivity contribution in [2.45, 2.75) is 45.3 Å². The fraction of sp³-hybridized carbons (Fsp3) is 0.385. The van der Waals surface area contributed by atoms with Crippen LogP contribution in [0.15, 0.2) is 59.7 Å². The molecule has 2 aliphatic heterocycles. The molecule has 4 heterocycles. The molecular formula is C26H31N5S. The zero-order valence-electron chi connectivity index (χ0n) is 19.5. The van der Waals surface area contributed by atoms with Crippen LogP contribution in [0.4, 0.5) is 5.69 Å². The summed E-state index contributed by atoms with van der Waals surface area (Å²) in [6.45, 7) is 6.74. The number of aromatic nitrogens is 2. The normalized spacial score (nSPS) is 22.2. The molecule has 1 aromatic carbocycles. The smallest absolute Gasteiger partial charge is 0.160 e. The van der Waals surface area contributed by atoms with Crippen molar-refractivity contribution in [1.82, 2.24) is 14.5 Å². The first-order valence-corrected chi connectivity index (χ1v) is 12.3. The van der Waals surface area contributed by atoms with E-state index in [4.69, 9.17) is 9.98 Å². The van der Waals surface area contributed by atoms with Crippen molar-refractivity contribution in [2.75, 3.05) is 24.7 Å². The van der Waals surface area contributed by atoms with Crippen molar-refractivity contribution in [3.63, 3.8) is 0 Å². The summed E-state index contributed by atoms with van der Waals surface area (Å²) in [6, 6.07) is 18.1. The summed E-state index contributed by atoms with van der Waals surface area (Å²) in [4.78, 5) is 14.6. The SMILES string of the molecule is CC[C@H]1CSC2=N[C@@H](c3ccccn3)[C@@H](c3cc(C)n(-c4ccc(N(C)C)cc4)c3C)N21. The number of amidine groups is 1. The van der Waals surface area contributed by atoms with E-state index in [-0.39, 0.29) is 12.1 Å². The lowest BCUT2D eigenvalue weighted by atomic mass is 9.95. The Balaban J connectivity index is 1.60. The molecule has 1 saturated heterocycles. The van der Waals surface area contributed by atoms with E-state index in [1.165, 1.54) is 33.5 Å². The highest BCUT2D eigenvalue weighted by atomic mass is 32.2. The van der Waals surface area contributed by atoms with Crippen LogP contribution in [-0.2, 0) is 0 Å². The first-order valence-electron chi connectivity index (χ1n) is 11.4. The molecule has 3 atom stereocenters. The monoisotopic (exact) mass is 445 g/mol. The van der Waals surface area contributed by atoms with Crippen molar-refractivity contribution in [1.29, 1.82) is 0 Å². The number of fused-ring (bicyclic) bond motifs is 1. The van der Waals surface area contributed by atoms with Crippen LogP contribution >= 0.6 is 11.8 Å². The van der Waals surface area contributed by atoms with Crippen molar-refractivity contribution >= 4 is 22.6 Å². The zero-order valence-corrected chi connectivity index (χ0v) is 20.3. The van der Waals surface area contributed by atoms with Gasteiger partial charge in [0.25, 0.3) is 0 Å². The van der Waals surface area contributed by atoms with Crippen LogP contribution in [0.25, 0.3) is 5.69 Å². The van der Waals surface area contributed by atoms with Crippen LogP contribution in [0.2, 0.25) is 0 Å². The molecule has 0 saturated carbocycles. The third kappa shape index (κ3) is 3.41. The molecular weight excluding hydrogens is 414 g/mol. The lowest BCUT2D eigenvalue weighted by molar-refractivity contribution is 0.254. The van der Waals surface area contributed by atoms with Crippen LogP contribution in [0, 0.1) is 13.8 Å². The first-order chi connectivity index (χ1) is 15.5. The molecule has 2 aliphatic rings. The van der Waals surface area contributed by atoms with Crippen LogP contribution < -0.4 is 4.90 Å². The van der Waals surface area contributed by atoms with Gasteiger partial charge in [0.1, 0.15) is 6.04 Å². The maximum Gasteiger partial charge on any atom is 0.160 e. The van der Waals surface area contributed by atoms with Gasteiger partial charge in [0.05, 0.1) is 11.7 Å². The van der Waals surface area contributed by atoms with Gasteiger partial charge < -0.3 is 14.4 Å². The second kappa shape index (κ2) is 8.32. The summed E-state index contributed by atoms with van der Waals surface area (Å²) in [5.41, 5.74) is 7.36. The highest BCUT2D eigenvalue weighted by Gasteiger charge is 2.46. The quantitative estimate of drug-likeness (QED) is 0.517. The van der Waals surface area contributed by atoms with E-state index in [2.05, 4.69) is 91.7 Å². The average molecular weight is 446 g/mol. The fourth-order valence-electron chi connectivity index (χ4n) is 5.07. The Labute approximate surface area is 195 Å². The Kier molecular flexibility index (Phi) is 5.49. The predicted molar refractivity (Wildman–Crippen MR) is 135 cm³/mol. The van der Waals surface area contributed by atoms with Gasteiger partial charge in [0.2, 0.25) is 0 Å². The molecule has 0 spiro atoms. The number of thioether (sulfide) groups is 1. The number of anilines is 1. The maximum atomic E-state index is 5.19. The topological polar surface area (TPSA) is 36.7 Å². The molecule has 0 bridgehead atoms. The molecule has 0 unspecified atom stereocenters. The molecule has 1 fully saturated rings. The van der Waals surface area contributed by atoms with E-state index in [0.29, 0.717) is 6.04 Å². The second-order valence-electron chi connectivity index (χ2n) is 8.91. The molecule has 32 heavy (non-hydrogen) atoms. The van der Waals surface area contributed by atoms with Gasteiger partial charge in [-0.3, -0.25) is 9.98 Å². The highest BCUT2D eigenvalue weighted by Crippen LogP contribution is 2.49. The number of pyridine rings is 1. The molecule has 3 aromatic rings. The van der Waals surface area contributed by atoms with E-state index < -0.39 is 0 Å². The molecule has 0 radical (unpaired) electrons. The van der Waals surface area contributed by atoms with E-state index >= 15 is 0 Å². The van der Waals surface area contributed by atoms with Gasteiger partial charge in [0, 0.05) is 54.8 Å². The second-order valence-corrected chi connectivity index (χ2v) is 9.90. The summed E-state index contributed by atoms with van der Waals surface area (Å²) in [5.74, 6) is 1.12. The Morgan fingerprint density at radius 3 is 2.53 bits per heavy atom. The molecule has 2 aromatic heterocycles. The number of hydrogen-bond donors (Lipinski definition) is 0.